The normalized spacial score (nSPS) is 19.0. The Bertz CT molecular complexity index is 354. The standard InChI is InChI=1S/C12H16F3NO3/c1-2-8-19-9-3-10(17)16-6-4-11(18,5-7-16)12(13,14)15/h1,18H,3-9H2. The van der Waals surface area contributed by atoms with Gasteiger partial charge in [-0.15, -0.1) is 6.42 Å². The van der Waals surface area contributed by atoms with Gasteiger partial charge in [0.25, 0.3) is 0 Å². The first-order valence-corrected chi connectivity index (χ1v) is 5.88. The number of ether oxygens (including phenoxy) is 1. The number of aliphatic hydroxyl groups is 1. The van der Waals surface area contributed by atoms with Crippen LogP contribution in [0.15, 0.2) is 0 Å². The van der Waals surface area contributed by atoms with E-state index in [-0.39, 0.29) is 38.6 Å². The summed E-state index contributed by atoms with van der Waals surface area (Å²) in [7, 11) is 0. The monoisotopic (exact) mass is 279 g/mol. The van der Waals surface area contributed by atoms with Crippen molar-refractivity contribution in [2.45, 2.75) is 31.0 Å². The molecule has 1 fully saturated rings. The zero-order valence-electron chi connectivity index (χ0n) is 10.4. The molecule has 19 heavy (non-hydrogen) atoms. The molecule has 0 aromatic heterocycles. The molecule has 108 valence electrons. The number of nitrogens with zero attached hydrogens (tertiary/aromatic N) is 1. The van der Waals surface area contributed by atoms with Crippen molar-refractivity contribution in [2.75, 3.05) is 26.3 Å². The maximum absolute atomic E-state index is 12.5. The molecule has 4 nitrogen and oxygen atoms in total. The van der Waals surface area contributed by atoms with Crippen LogP contribution in [-0.4, -0.2) is 54.0 Å². The zero-order valence-corrected chi connectivity index (χ0v) is 10.4. The summed E-state index contributed by atoms with van der Waals surface area (Å²) in [6.45, 7) is 0.0259. The first-order valence-electron chi connectivity index (χ1n) is 5.88. The van der Waals surface area contributed by atoms with Crippen molar-refractivity contribution >= 4 is 5.91 Å². The first kappa shape index (κ1) is 15.8. The highest BCUT2D eigenvalue weighted by Crippen LogP contribution is 2.38. The summed E-state index contributed by atoms with van der Waals surface area (Å²) in [6.07, 6.45) is -0.610. The fraction of sp³-hybridized carbons (Fsp3) is 0.750. The number of likely N-dealkylation sites (tertiary alicyclic amines) is 1. The minimum absolute atomic E-state index is 0.0755. The highest BCUT2D eigenvalue weighted by Gasteiger charge is 2.54. The molecule has 1 aliphatic rings. The van der Waals surface area contributed by atoms with E-state index in [9.17, 15) is 23.1 Å². The number of alkyl halides is 3. The second kappa shape index (κ2) is 6.26. The Morgan fingerprint density at radius 3 is 2.47 bits per heavy atom. The molecule has 0 bridgehead atoms. The predicted molar refractivity (Wildman–Crippen MR) is 61.1 cm³/mol. The smallest absolute Gasteiger partial charge is 0.380 e. The van der Waals surface area contributed by atoms with Gasteiger partial charge in [0.05, 0.1) is 13.0 Å². The zero-order chi connectivity index (χ0) is 14.5. The van der Waals surface area contributed by atoms with Crippen LogP contribution in [0, 0.1) is 12.3 Å². The van der Waals surface area contributed by atoms with E-state index in [4.69, 9.17) is 11.2 Å². The Kier molecular flexibility index (Phi) is 5.20. The molecule has 1 aliphatic heterocycles. The Labute approximate surface area is 109 Å². The third-order valence-corrected chi connectivity index (χ3v) is 3.12. The van der Waals surface area contributed by atoms with Gasteiger partial charge >= 0.3 is 6.18 Å². The van der Waals surface area contributed by atoms with Gasteiger partial charge in [-0.25, -0.2) is 0 Å². The molecule has 1 N–H and O–H groups in total. The number of hydrogen-bond donors (Lipinski definition) is 1. The fourth-order valence-corrected chi connectivity index (χ4v) is 1.86. The van der Waals surface area contributed by atoms with Gasteiger partial charge in [-0.3, -0.25) is 4.79 Å². The predicted octanol–water partition coefficient (Wildman–Crippen LogP) is 0.942. The van der Waals surface area contributed by atoms with Crippen LogP contribution in [0.25, 0.3) is 0 Å². The number of terminal acetylenes is 1. The molecule has 0 aromatic rings. The topological polar surface area (TPSA) is 49.8 Å². The quantitative estimate of drug-likeness (QED) is 0.615. The molecule has 1 heterocycles. The number of carbonyl (C=O) groups is 1. The maximum atomic E-state index is 12.5. The summed E-state index contributed by atoms with van der Waals surface area (Å²) < 4.78 is 42.6. The third kappa shape index (κ3) is 4.11. The Morgan fingerprint density at radius 2 is 2.00 bits per heavy atom. The number of amides is 1. The highest BCUT2D eigenvalue weighted by molar-refractivity contribution is 5.76. The van der Waals surface area contributed by atoms with Gasteiger partial charge < -0.3 is 14.7 Å². The van der Waals surface area contributed by atoms with Gasteiger partial charge in [-0.1, -0.05) is 5.92 Å². The molecular formula is C12H16F3NO3. The van der Waals surface area contributed by atoms with E-state index in [0.717, 1.165) is 0 Å². The van der Waals surface area contributed by atoms with Crippen LogP contribution in [-0.2, 0) is 9.53 Å². The average molecular weight is 279 g/mol. The number of carbonyl (C=O) groups excluding carboxylic acids is 1. The lowest BCUT2D eigenvalue weighted by molar-refractivity contribution is -0.272. The van der Waals surface area contributed by atoms with Gasteiger partial charge in [0.15, 0.2) is 5.60 Å². The van der Waals surface area contributed by atoms with Crippen LogP contribution in [0.4, 0.5) is 13.2 Å². The number of piperidine rings is 1. The summed E-state index contributed by atoms with van der Waals surface area (Å²) in [5.41, 5.74) is -2.68. The lowest BCUT2D eigenvalue weighted by Crippen LogP contribution is -2.54. The highest BCUT2D eigenvalue weighted by atomic mass is 19.4. The van der Waals surface area contributed by atoms with Gasteiger partial charge in [0.1, 0.15) is 6.61 Å². The summed E-state index contributed by atoms with van der Waals surface area (Å²) >= 11 is 0. The lowest BCUT2D eigenvalue weighted by atomic mass is 9.90. The van der Waals surface area contributed by atoms with Crippen molar-refractivity contribution in [3.8, 4) is 12.3 Å². The molecule has 0 atom stereocenters. The molecule has 1 amide bonds. The molecular weight excluding hydrogens is 263 g/mol. The Balaban J connectivity index is 2.38. The van der Waals surface area contributed by atoms with Gasteiger partial charge in [-0.2, -0.15) is 13.2 Å². The van der Waals surface area contributed by atoms with E-state index >= 15 is 0 Å². The van der Waals surface area contributed by atoms with Crippen molar-refractivity contribution in [1.82, 2.24) is 4.90 Å². The summed E-state index contributed by atoms with van der Waals surface area (Å²) in [5, 5.41) is 9.44. The molecule has 0 aliphatic carbocycles. The molecule has 0 saturated carbocycles. The number of hydrogen-bond acceptors (Lipinski definition) is 3. The fourth-order valence-electron chi connectivity index (χ4n) is 1.86. The lowest BCUT2D eigenvalue weighted by Gasteiger charge is -2.39. The molecule has 7 heteroatoms. The van der Waals surface area contributed by atoms with E-state index < -0.39 is 24.6 Å². The molecule has 0 unspecified atom stereocenters. The Hall–Kier alpha value is -1.26. The van der Waals surface area contributed by atoms with Crippen molar-refractivity contribution < 1.29 is 27.8 Å². The number of rotatable bonds is 4. The largest absolute Gasteiger partial charge is 0.417 e. The van der Waals surface area contributed by atoms with Crippen LogP contribution >= 0.6 is 0 Å². The van der Waals surface area contributed by atoms with Crippen LogP contribution in [0.5, 0.6) is 0 Å². The first-order chi connectivity index (χ1) is 8.80. The maximum Gasteiger partial charge on any atom is 0.417 e. The molecule has 1 rings (SSSR count). The van der Waals surface area contributed by atoms with Crippen LogP contribution in [0.3, 0.4) is 0 Å². The van der Waals surface area contributed by atoms with Crippen molar-refractivity contribution in [2.24, 2.45) is 0 Å². The SMILES string of the molecule is C#CCOCCC(=O)N1CCC(O)(C(F)(F)F)CC1. The van der Waals surface area contributed by atoms with Crippen molar-refractivity contribution in [3.05, 3.63) is 0 Å². The van der Waals surface area contributed by atoms with Crippen molar-refractivity contribution in [1.29, 1.82) is 0 Å². The minimum Gasteiger partial charge on any atom is -0.380 e. The Morgan fingerprint density at radius 1 is 1.42 bits per heavy atom. The third-order valence-electron chi connectivity index (χ3n) is 3.12. The van der Waals surface area contributed by atoms with E-state index in [1.54, 1.807) is 0 Å². The van der Waals surface area contributed by atoms with E-state index in [0.29, 0.717) is 0 Å². The van der Waals surface area contributed by atoms with Crippen LogP contribution < -0.4 is 0 Å². The van der Waals surface area contributed by atoms with E-state index in [1.807, 2.05) is 0 Å². The second-order valence-corrected chi connectivity index (χ2v) is 4.42. The summed E-state index contributed by atoms with van der Waals surface area (Å²) in [4.78, 5) is 13.0. The minimum atomic E-state index is -4.65. The molecule has 0 radical (unpaired) electrons. The van der Waals surface area contributed by atoms with Crippen LogP contribution in [0.1, 0.15) is 19.3 Å². The van der Waals surface area contributed by atoms with Crippen LogP contribution in [0.2, 0.25) is 0 Å². The van der Waals surface area contributed by atoms with Gasteiger partial charge in [-0.05, 0) is 0 Å². The molecule has 0 spiro atoms. The van der Waals surface area contributed by atoms with Gasteiger partial charge in [0.2, 0.25) is 5.91 Å². The van der Waals surface area contributed by atoms with E-state index in [1.165, 1.54) is 4.90 Å². The average Bonchev–Trinajstić information content (AvgIpc) is 2.34. The van der Waals surface area contributed by atoms with E-state index in [2.05, 4.69) is 5.92 Å². The molecule has 1 saturated heterocycles. The summed E-state index contributed by atoms with van der Waals surface area (Å²) in [6, 6.07) is 0. The number of halogens is 3. The molecule has 0 aromatic carbocycles. The van der Waals surface area contributed by atoms with Crippen molar-refractivity contribution in [3.63, 3.8) is 0 Å². The second-order valence-electron chi connectivity index (χ2n) is 4.42. The summed E-state index contributed by atoms with van der Waals surface area (Å²) in [5.74, 6) is 1.95. The van der Waals surface area contributed by atoms with Gasteiger partial charge in [0, 0.05) is 25.9 Å².